The summed E-state index contributed by atoms with van der Waals surface area (Å²) in [5, 5.41) is 3.73. The molecule has 0 aliphatic heterocycles. The van der Waals surface area contributed by atoms with Crippen LogP contribution in [0.2, 0.25) is 15.1 Å². The zero-order valence-electron chi connectivity index (χ0n) is 25.8. The number of sulfonamides is 1. The molecule has 1 atom stereocenters. The molecule has 0 fully saturated rings. The molecule has 0 spiro atoms. The van der Waals surface area contributed by atoms with E-state index in [9.17, 15) is 18.0 Å². The van der Waals surface area contributed by atoms with Crippen LogP contribution in [-0.2, 0) is 26.2 Å². The second-order valence-corrected chi connectivity index (χ2v) is 13.3. The van der Waals surface area contributed by atoms with E-state index in [-0.39, 0.29) is 51.1 Å². The Morgan fingerprint density at radius 2 is 1.44 bits per heavy atom. The third kappa shape index (κ3) is 8.66. The van der Waals surface area contributed by atoms with Crippen molar-refractivity contribution in [3.63, 3.8) is 0 Å². The first-order valence-electron chi connectivity index (χ1n) is 13.9. The van der Waals surface area contributed by atoms with Crippen LogP contribution in [0.5, 0.6) is 17.2 Å². The Hall–Kier alpha value is -3.38. The first-order valence-corrected chi connectivity index (χ1v) is 16.5. The van der Waals surface area contributed by atoms with Crippen molar-refractivity contribution in [3.05, 3.63) is 75.2 Å². The normalized spacial score (nSPS) is 12.0. The van der Waals surface area contributed by atoms with Crippen LogP contribution in [0.15, 0.2) is 59.5 Å². The van der Waals surface area contributed by atoms with E-state index in [1.54, 1.807) is 32.9 Å². The van der Waals surface area contributed by atoms with Crippen LogP contribution in [0.25, 0.3) is 0 Å². The summed E-state index contributed by atoms with van der Waals surface area (Å²) in [6.45, 7) is 4.54. The minimum atomic E-state index is -4.48. The van der Waals surface area contributed by atoms with Gasteiger partial charge in [0.1, 0.15) is 18.3 Å². The summed E-state index contributed by atoms with van der Waals surface area (Å²) in [7, 11) is -0.308. The van der Waals surface area contributed by atoms with Crippen LogP contribution in [-0.4, -0.2) is 65.1 Å². The van der Waals surface area contributed by atoms with Gasteiger partial charge in [-0.25, -0.2) is 8.42 Å². The second-order valence-electron chi connectivity index (χ2n) is 10.2. The van der Waals surface area contributed by atoms with Gasteiger partial charge in [0.25, 0.3) is 10.0 Å². The van der Waals surface area contributed by atoms with Gasteiger partial charge in [-0.15, -0.1) is 0 Å². The molecule has 244 valence electrons. The lowest BCUT2D eigenvalue weighted by Gasteiger charge is -2.34. The number of rotatable bonds is 14. The number of benzene rings is 3. The molecule has 0 radical (unpaired) electrons. The van der Waals surface area contributed by atoms with E-state index < -0.39 is 34.4 Å². The van der Waals surface area contributed by atoms with Gasteiger partial charge >= 0.3 is 0 Å². The minimum Gasteiger partial charge on any atom is -0.495 e. The van der Waals surface area contributed by atoms with Gasteiger partial charge in [-0.3, -0.25) is 13.9 Å². The Morgan fingerprint density at radius 3 is 2.02 bits per heavy atom. The lowest BCUT2D eigenvalue weighted by atomic mass is 10.1. The average molecular weight is 701 g/mol. The van der Waals surface area contributed by atoms with Gasteiger partial charge in [0.15, 0.2) is 11.5 Å². The molecule has 0 unspecified atom stereocenters. The van der Waals surface area contributed by atoms with Gasteiger partial charge < -0.3 is 24.4 Å². The van der Waals surface area contributed by atoms with Crippen molar-refractivity contribution in [1.82, 2.24) is 10.2 Å². The number of anilines is 1. The molecule has 0 saturated heterocycles. The predicted octanol–water partition coefficient (Wildman–Crippen LogP) is 6.20. The highest BCUT2D eigenvalue weighted by molar-refractivity contribution is 7.92. The van der Waals surface area contributed by atoms with Crippen LogP contribution in [0.4, 0.5) is 5.69 Å². The van der Waals surface area contributed by atoms with E-state index in [2.05, 4.69) is 5.32 Å². The number of hydrogen-bond acceptors (Lipinski definition) is 7. The molecule has 14 heteroatoms. The maximum absolute atomic E-state index is 14.4. The lowest BCUT2D eigenvalue weighted by Crippen LogP contribution is -2.53. The lowest BCUT2D eigenvalue weighted by molar-refractivity contribution is -0.140. The number of methoxy groups -OCH3 is 3. The number of carbonyl (C=O) groups excluding carboxylic acids is 2. The van der Waals surface area contributed by atoms with E-state index in [1.807, 2.05) is 0 Å². The topological polar surface area (TPSA) is 114 Å². The summed E-state index contributed by atoms with van der Waals surface area (Å²) in [6.07, 6.45) is 0.235. The van der Waals surface area contributed by atoms with Gasteiger partial charge in [-0.1, -0.05) is 47.8 Å². The van der Waals surface area contributed by atoms with Gasteiger partial charge in [0, 0.05) is 33.7 Å². The molecule has 3 aromatic rings. The molecule has 3 aromatic carbocycles. The highest BCUT2D eigenvalue weighted by Gasteiger charge is 2.35. The number of amides is 2. The van der Waals surface area contributed by atoms with Crippen molar-refractivity contribution in [3.8, 4) is 17.2 Å². The fourth-order valence-electron chi connectivity index (χ4n) is 4.61. The van der Waals surface area contributed by atoms with Gasteiger partial charge in [0.05, 0.1) is 31.9 Å². The maximum atomic E-state index is 14.4. The first kappa shape index (κ1) is 36.1. The molecule has 0 bridgehead atoms. The van der Waals surface area contributed by atoms with Crippen molar-refractivity contribution in [2.75, 3.05) is 32.2 Å². The molecular weight excluding hydrogens is 665 g/mol. The smallest absolute Gasteiger partial charge is 0.265 e. The zero-order valence-corrected chi connectivity index (χ0v) is 28.9. The Balaban J connectivity index is 2.20. The molecular formula is C31H36Cl3N3O7S. The Morgan fingerprint density at radius 1 is 0.844 bits per heavy atom. The summed E-state index contributed by atoms with van der Waals surface area (Å²) >= 11 is 18.9. The zero-order chi connectivity index (χ0) is 33.5. The monoisotopic (exact) mass is 699 g/mol. The largest absolute Gasteiger partial charge is 0.495 e. The quantitative estimate of drug-likeness (QED) is 0.213. The van der Waals surface area contributed by atoms with Crippen LogP contribution in [0, 0.1) is 0 Å². The number of nitrogens with one attached hydrogen (secondary N) is 1. The standard InChI is InChI=1S/C31H36Cl3N3O7S/c1-7-25(31(39)35-19(2)3)36(17-20-8-9-21(32)14-24(20)34)30(38)18-37(26-15-22(33)10-12-27(26)42-4)45(40,41)23-11-13-28(43-5)29(16-23)44-6/h8-16,19,25H,7,17-18H2,1-6H3,(H,35,39)/t25-/m1/s1. The van der Waals surface area contributed by atoms with E-state index >= 15 is 0 Å². The fourth-order valence-corrected chi connectivity index (χ4v) is 6.68. The van der Waals surface area contributed by atoms with Crippen molar-refractivity contribution in [2.24, 2.45) is 0 Å². The number of hydrogen-bond donors (Lipinski definition) is 1. The first-order chi connectivity index (χ1) is 21.3. The number of nitrogens with zero attached hydrogens (tertiary/aromatic N) is 2. The van der Waals surface area contributed by atoms with Crippen molar-refractivity contribution >= 4 is 62.3 Å². The third-order valence-electron chi connectivity index (χ3n) is 6.80. The molecule has 0 heterocycles. The van der Waals surface area contributed by atoms with Crippen LogP contribution in [0.3, 0.4) is 0 Å². The van der Waals surface area contributed by atoms with Crippen molar-refractivity contribution in [1.29, 1.82) is 0 Å². The van der Waals surface area contributed by atoms with Gasteiger partial charge in [0.2, 0.25) is 11.8 Å². The summed E-state index contributed by atoms with van der Waals surface area (Å²) < 4.78 is 45.7. The molecule has 0 aliphatic carbocycles. The Labute approximate surface area is 279 Å². The van der Waals surface area contributed by atoms with E-state index in [4.69, 9.17) is 49.0 Å². The third-order valence-corrected chi connectivity index (χ3v) is 9.38. The van der Waals surface area contributed by atoms with Crippen LogP contribution < -0.4 is 23.8 Å². The number of halogens is 3. The molecule has 0 aliphatic rings. The second kappa shape index (κ2) is 15.8. The van der Waals surface area contributed by atoms with E-state index in [0.717, 1.165) is 4.31 Å². The average Bonchev–Trinajstić information content (AvgIpc) is 2.99. The van der Waals surface area contributed by atoms with Crippen molar-refractivity contribution < 1.29 is 32.2 Å². The van der Waals surface area contributed by atoms with E-state index in [0.29, 0.717) is 16.3 Å². The van der Waals surface area contributed by atoms with Gasteiger partial charge in [-0.2, -0.15) is 0 Å². The molecule has 0 saturated carbocycles. The van der Waals surface area contributed by atoms with Gasteiger partial charge in [-0.05, 0) is 68.3 Å². The molecule has 0 aromatic heterocycles. The maximum Gasteiger partial charge on any atom is 0.265 e. The van der Waals surface area contributed by atoms with E-state index in [1.165, 1.54) is 68.7 Å². The molecule has 45 heavy (non-hydrogen) atoms. The summed E-state index contributed by atoms with van der Waals surface area (Å²) in [6, 6.07) is 12.1. The SMILES string of the molecule is CC[C@H](C(=O)NC(C)C)N(Cc1ccc(Cl)cc1Cl)C(=O)CN(c1cc(Cl)ccc1OC)S(=O)(=O)c1ccc(OC)c(OC)c1. The number of ether oxygens (including phenoxy) is 3. The highest BCUT2D eigenvalue weighted by atomic mass is 35.5. The van der Waals surface area contributed by atoms with Crippen molar-refractivity contribution in [2.45, 2.75) is 50.7 Å². The molecule has 1 N–H and O–H groups in total. The fraction of sp³-hybridized carbons (Fsp3) is 0.355. The predicted molar refractivity (Wildman–Crippen MR) is 176 cm³/mol. The summed E-state index contributed by atoms with van der Waals surface area (Å²) in [5.74, 6) is -0.461. The minimum absolute atomic E-state index is 0.0114. The van der Waals surface area contributed by atoms with Crippen LogP contribution >= 0.6 is 34.8 Å². The molecule has 2 amide bonds. The summed E-state index contributed by atoms with van der Waals surface area (Å²) in [4.78, 5) is 28.8. The summed E-state index contributed by atoms with van der Waals surface area (Å²) in [5.41, 5.74) is 0.525. The van der Waals surface area contributed by atoms with Crippen LogP contribution in [0.1, 0.15) is 32.8 Å². The molecule has 3 rings (SSSR count). The highest BCUT2D eigenvalue weighted by Crippen LogP contribution is 2.37. The Kier molecular flexibility index (Phi) is 12.6. The Bertz CT molecular complexity index is 1640. The number of carbonyl (C=O) groups is 2. The molecule has 10 nitrogen and oxygen atoms in total.